The molecule has 1 aliphatic rings. The number of nitrogens with one attached hydrogen (secondary N) is 1. The van der Waals surface area contributed by atoms with Gasteiger partial charge >= 0.3 is 0 Å². The number of carbonyl (C=O) groups is 2. The van der Waals surface area contributed by atoms with Crippen LogP contribution in [-0.2, 0) is 4.74 Å². The first-order chi connectivity index (χ1) is 13.2. The van der Waals surface area contributed by atoms with Gasteiger partial charge in [-0.3, -0.25) is 14.6 Å². The van der Waals surface area contributed by atoms with E-state index in [1.807, 2.05) is 10.3 Å². The normalized spacial score (nSPS) is 14.9. The van der Waals surface area contributed by atoms with Gasteiger partial charge < -0.3 is 20.7 Å². The zero-order chi connectivity index (χ0) is 19.1. The minimum absolute atomic E-state index is 0.0459. The molecule has 3 N–H and O–H groups in total. The summed E-state index contributed by atoms with van der Waals surface area (Å²) in [6.07, 6.45) is 5.81. The van der Waals surface area contributed by atoms with E-state index in [2.05, 4.69) is 10.3 Å². The molecule has 7 nitrogen and oxygen atoms in total. The van der Waals surface area contributed by atoms with Gasteiger partial charge in [0.05, 0.1) is 11.8 Å². The SMILES string of the molecule is NCCCOC1CCN(C(=O)c2sccc2NC(=O)c2ccncc2)CC1. The summed E-state index contributed by atoms with van der Waals surface area (Å²) in [6, 6.07) is 5.04. The number of rotatable bonds is 7. The van der Waals surface area contributed by atoms with E-state index in [1.54, 1.807) is 30.6 Å². The zero-order valence-electron chi connectivity index (χ0n) is 15.1. The summed E-state index contributed by atoms with van der Waals surface area (Å²) in [5.41, 5.74) is 6.53. The number of anilines is 1. The molecule has 0 saturated carbocycles. The van der Waals surface area contributed by atoms with E-state index in [1.165, 1.54) is 11.3 Å². The summed E-state index contributed by atoms with van der Waals surface area (Å²) >= 11 is 1.34. The van der Waals surface area contributed by atoms with Crippen molar-refractivity contribution in [2.75, 3.05) is 31.6 Å². The van der Waals surface area contributed by atoms with E-state index in [0.717, 1.165) is 19.3 Å². The number of thiophene rings is 1. The molecule has 27 heavy (non-hydrogen) atoms. The number of nitrogens with two attached hydrogens (primary N) is 1. The van der Waals surface area contributed by atoms with Crippen molar-refractivity contribution in [3.8, 4) is 0 Å². The molecule has 1 saturated heterocycles. The van der Waals surface area contributed by atoms with Crippen LogP contribution in [0.1, 0.15) is 39.3 Å². The first kappa shape index (κ1) is 19.5. The smallest absolute Gasteiger partial charge is 0.266 e. The molecular formula is C19H24N4O3S. The molecule has 8 heteroatoms. The van der Waals surface area contributed by atoms with E-state index < -0.39 is 0 Å². The van der Waals surface area contributed by atoms with E-state index in [9.17, 15) is 9.59 Å². The van der Waals surface area contributed by atoms with Crippen LogP contribution in [0.5, 0.6) is 0 Å². The number of aromatic nitrogens is 1. The van der Waals surface area contributed by atoms with Crippen LogP contribution < -0.4 is 11.1 Å². The van der Waals surface area contributed by atoms with Crippen molar-refractivity contribution < 1.29 is 14.3 Å². The molecule has 3 heterocycles. The fourth-order valence-corrected chi connectivity index (χ4v) is 3.79. The molecule has 2 aromatic rings. The molecule has 0 spiro atoms. The van der Waals surface area contributed by atoms with Crippen LogP contribution in [0, 0.1) is 0 Å². The summed E-state index contributed by atoms with van der Waals surface area (Å²) < 4.78 is 5.79. The van der Waals surface area contributed by atoms with Crippen LogP contribution in [-0.4, -0.2) is 54.0 Å². The summed E-state index contributed by atoms with van der Waals surface area (Å²) in [6.45, 7) is 2.61. The third-order valence-electron chi connectivity index (χ3n) is 4.48. The molecule has 1 fully saturated rings. The number of likely N-dealkylation sites (tertiary alicyclic amines) is 1. The molecule has 0 atom stereocenters. The molecule has 2 aromatic heterocycles. The summed E-state index contributed by atoms with van der Waals surface area (Å²) in [5.74, 6) is -0.299. The van der Waals surface area contributed by atoms with Crippen molar-refractivity contribution in [2.24, 2.45) is 5.73 Å². The first-order valence-electron chi connectivity index (χ1n) is 9.09. The number of pyridine rings is 1. The van der Waals surface area contributed by atoms with E-state index in [0.29, 0.717) is 42.4 Å². The van der Waals surface area contributed by atoms with Gasteiger partial charge in [0.1, 0.15) is 4.88 Å². The van der Waals surface area contributed by atoms with Gasteiger partial charge in [0, 0.05) is 37.7 Å². The highest BCUT2D eigenvalue weighted by atomic mass is 32.1. The largest absolute Gasteiger partial charge is 0.378 e. The maximum atomic E-state index is 12.9. The maximum absolute atomic E-state index is 12.9. The Morgan fingerprint density at radius 1 is 1.26 bits per heavy atom. The predicted molar refractivity (Wildman–Crippen MR) is 105 cm³/mol. The number of amides is 2. The van der Waals surface area contributed by atoms with E-state index >= 15 is 0 Å². The number of piperidine rings is 1. The number of hydrogen-bond acceptors (Lipinski definition) is 6. The Morgan fingerprint density at radius 3 is 2.70 bits per heavy atom. The lowest BCUT2D eigenvalue weighted by molar-refractivity contribution is 0.00860. The van der Waals surface area contributed by atoms with Gasteiger partial charge in [-0.15, -0.1) is 11.3 Å². The van der Waals surface area contributed by atoms with Crippen LogP contribution in [0.2, 0.25) is 0 Å². The topological polar surface area (TPSA) is 97.5 Å². The van der Waals surface area contributed by atoms with Gasteiger partial charge in [-0.25, -0.2) is 0 Å². The number of carbonyl (C=O) groups excluding carboxylic acids is 2. The van der Waals surface area contributed by atoms with Crippen molar-refractivity contribution in [3.63, 3.8) is 0 Å². The quantitative estimate of drug-likeness (QED) is 0.710. The molecule has 0 bridgehead atoms. The second kappa shape index (κ2) is 9.59. The molecule has 0 unspecified atom stereocenters. The third-order valence-corrected chi connectivity index (χ3v) is 5.38. The number of hydrogen-bond donors (Lipinski definition) is 2. The summed E-state index contributed by atoms with van der Waals surface area (Å²) in [5, 5.41) is 4.65. The maximum Gasteiger partial charge on any atom is 0.266 e. The van der Waals surface area contributed by atoms with Crippen molar-refractivity contribution in [3.05, 3.63) is 46.4 Å². The third kappa shape index (κ3) is 5.12. The first-order valence-corrected chi connectivity index (χ1v) is 9.97. The van der Waals surface area contributed by atoms with Gasteiger partial charge in [-0.05, 0) is 49.4 Å². The summed E-state index contributed by atoms with van der Waals surface area (Å²) in [4.78, 5) is 31.5. The van der Waals surface area contributed by atoms with Crippen LogP contribution in [0.15, 0.2) is 36.0 Å². The van der Waals surface area contributed by atoms with E-state index in [-0.39, 0.29) is 17.9 Å². The molecule has 0 radical (unpaired) electrons. The van der Waals surface area contributed by atoms with Gasteiger partial charge in [0.15, 0.2) is 0 Å². The minimum atomic E-state index is -0.253. The van der Waals surface area contributed by atoms with Crippen LogP contribution >= 0.6 is 11.3 Å². The lowest BCUT2D eigenvalue weighted by Gasteiger charge is -2.32. The van der Waals surface area contributed by atoms with Crippen LogP contribution in [0.4, 0.5) is 5.69 Å². The van der Waals surface area contributed by atoms with Crippen LogP contribution in [0.25, 0.3) is 0 Å². The van der Waals surface area contributed by atoms with Crippen molar-refractivity contribution in [1.82, 2.24) is 9.88 Å². The molecule has 0 aromatic carbocycles. The minimum Gasteiger partial charge on any atom is -0.378 e. The second-order valence-corrected chi connectivity index (χ2v) is 7.27. The Labute approximate surface area is 162 Å². The molecule has 3 rings (SSSR count). The van der Waals surface area contributed by atoms with Crippen molar-refractivity contribution in [2.45, 2.75) is 25.4 Å². The van der Waals surface area contributed by atoms with E-state index in [4.69, 9.17) is 10.5 Å². The fraction of sp³-hybridized carbons (Fsp3) is 0.421. The van der Waals surface area contributed by atoms with Crippen molar-refractivity contribution in [1.29, 1.82) is 0 Å². The highest BCUT2D eigenvalue weighted by molar-refractivity contribution is 7.12. The molecule has 1 aliphatic heterocycles. The predicted octanol–water partition coefficient (Wildman–Crippen LogP) is 2.37. The van der Waals surface area contributed by atoms with Crippen LogP contribution in [0.3, 0.4) is 0 Å². The Kier molecular flexibility index (Phi) is 6.92. The molecule has 144 valence electrons. The van der Waals surface area contributed by atoms with Crippen molar-refractivity contribution >= 4 is 28.8 Å². The Bertz CT molecular complexity index is 757. The highest BCUT2D eigenvalue weighted by Gasteiger charge is 2.26. The number of nitrogens with zero attached hydrogens (tertiary/aromatic N) is 2. The monoisotopic (exact) mass is 388 g/mol. The Morgan fingerprint density at radius 2 is 2.00 bits per heavy atom. The Hall–Kier alpha value is -2.29. The summed E-state index contributed by atoms with van der Waals surface area (Å²) in [7, 11) is 0. The number of ether oxygens (including phenoxy) is 1. The zero-order valence-corrected chi connectivity index (χ0v) is 15.9. The Balaban J connectivity index is 1.57. The molecular weight excluding hydrogens is 364 g/mol. The van der Waals surface area contributed by atoms with Gasteiger partial charge in [-0.2, -0.15) is 0 Å². The average Bonchev–Trinajstić information content (AvgIpc) is 3.17. The molecule has 0 aliphatic carbocycles. The average molecular weight is 388 g/mol. The lowest BCUT2D eigenvalue weighted by atomic mass is 10.1. The second-order valence-electron chi connectivity index (χ2n) is 6.36. The van der Waals surface area contributed by atoms with Gasteiger partial charge in [0.2, 0.25) is 0 Å². The molecule has 2 amide bonds. The van der Waals surface area contributed by atoms with Gasteiger partial charge in [-0.1, -0.05) is 0 Å². The highest BCUT2D eigenvalue weighted by Crippen LogP contribution is 2.26. The standard InChI is InChI=1S/C19H24N4O3S/c20-7-1-12-26-15-4-10-23(11-5-15)19(25)17-16(6-13-27-17)22-18(24)14-2-8-21-9-3-14/h2-3,6,8-9,13,15H,1,4-5,7,10-12,20H2,(H,22,24). The van der Waals surface area contributed by atoms with Gasteiger partial charge in [0.25, 0.3) is 11.8 Å². The lowest BCUT2D eigenvalue weighted by Crippen LogP contribution is -2.41. The fourth-order valence-electron chi connectivity index (χ4n) is 2.97.